The summed E-state index contributed by atoms with van der Waals surface area (Å²) in [6.07, 6.45) is -10.3. The van der Waals surface area contributed by atoms with Gasteiger partial charge in [-0.05, 0) is 39.0 Å². The minimum Gasteiger partial charge on any atom is -0.462 e. The summed E-state index contributed by atoms with van der Waals surface area (Å²) in [5, 5.41) is 12.9. The van der Waals surface area contributed by atoms with Crippen LogP contribution in [0.2, 0.25) is 0 Å². The number of hydrogen-bond acceptors (Lipinski definition) is 9. The van der Waals surface area contributed by atoms with Gasteiger partial charge in [0, 0.05) is 6.20 Å². The van der Waals surface area contributed by atoms with Crippen molar-refractivity contribution in [2.75, 3.05) is 6.61 Å². The van der Waals surface area contributed by atoms with Gasteiger partial charge in [0.25, 0.3) is 0 Å². The summed E-state index contributed by atoms with van der Waals surface area (Å²) in [7, 11) is -4.45. The topological polar surface area (TPSA) is 141 Å². The number of aliphatic hydroxyl groups is 1. The van der Waals surface area contributed by atoms with Gasteiger partial charge < -0.3 is 19.1 Å². The highest BCUT2D eigenvalue weighted by Gasteiger charge is 2.58. The second kappa shape index (κ2) is 12.1. The van der Waals surface area contributed by atoms with Crippen molar-refractivity contribution in [2.24, 2.45) is 5.92 Å². The number of alkyl halides is 3. The van der Waals surface area contributed by atoms with Gasteiger partial charge in [0.2, 0.25) is 0 Å². The van der Waals surface area contributed by atoms with Gasteiger partial charge in [0.05, 0.1) is 18.8 Å². The Morgan fingerprint density at radius 1 is 1.26 bits per heavy atom. The van der Waals surface area contributed by atoms with Crippen LogP contribution >= 0.6 is 20.0 Å². The van der Waals surface area contributed by atoms with Crippen molar-refractivity contribution in [3.8, 4) is 5.75 Å². The Bertz CT molecular complexity index is 1270. The molecule has 38 heavy (non-hydrogen) atoms. The van der Waals surface area contributed by atoms with Gasteiger partial charge >= 0.3 is 25.6 Å². The first-order chi connectivity index (χ1) is 17.7. The van der Waals surface area contributed by atoms with Crippen LogP contribution in [0.5, 0.6) is 5.75 Å². The fourth-order valence-corrected chi connectivity index (χ4v) is 5.26. The summed E-state index contributed by atoms with van der Waals surface area (Å²) in [6.45, 7) is 3.69. The van der Waals surface area contributed by atoms with Gasteiger partial charge in [-0.2, -0.15) is 18.3 Å². The van der Waals surface area contributed by atoms with Crippen molar-refractivity contribution in [1.29, 1.82) is 0 Å². The largest absolute Gasteiger partial charge is 0.462 e. The molecule has 2 heterocycles. The molecular formula is C22H27F3N3O8PS. The number of aliphatic hydroxyl groups excluding tert-OH is 1. The molecule has 1 saturated heterocycles. The molecule has 3 rings (SSSR count). The Morgan fingerprint density at radius 2 is 1.92 bits per heavy atom. The minimum absolute atomic E-state index is 0.0107. The van der Waals surface area contributed by atoms with E-state index >= 15 is 0 Å². The number of aromatic nitrogens is 2. The molecule has 11 nitrogen and oxygen atoms in total. The normalized spacial score (nSPS) is 24.1. The van der Waals surface area contributed by atoms with Gasteiger partial charge in [0.1, 0.15) is 28.5 Å². The number of carbonyl (C=O) groups excluding carboxylic acids is 1. The number of aromatic amines is 1. The second-order valence-corrected chi connectivity index (χ2v) is 10.8. The number of carbonyl (C=O) groups is 1. The molecule has 1 aromatic carbocycles. The van der Waals surface area contributed by atoms with Gasteiger partial charge in [0.15, 0.2) is 6.23 Å². The summed E-state index contributed by atoms with van der Waals surface area (Å²) in [5.41, 5.74) is -0.984. The molecule has 1 fully saturated rings. The average molecular weight is 582 g/mol. The fourth-order valence-electron chi connectivity index (χ4n) is 3.61. The number of para-hydroxylation sites is 1. The van der Waals surface area contributed by atoms with Crippen LogP contribution in [-0.4, -0.2) is 57.8 Å². The number of nitrogens with zero attached hydrogens (tertiary/aromatic N) is 1. The van der Waals surface area contributed by atoms with Crippen molar-refractivity contribution in [3.63, 3.8) is 0 Å². The first-order valence-electron chi connectivity index (χ1n) is 11.4. The van der Waals surface area contributed by atoms with E-state index in [1.54, 1.807) is 32.0 Å². The van der Waals surface area contributed by atoms with Crippen LogP contribution in [0.1, 0.15) is 27.0 Å². The third-order valence-electron chi connectivity index (χ3n) is 5.31. The molecule has 0 amide bonds. The fraction of sp³-hybridized carbons (Fsp3) is 0.500. The van der Waals surface area contributed by atoms with E-state index in [-0.39, 0.29) is 10.4 Å². The van der Waals surface area contributed by atoms with Crippen LogP contribution in [0.3, 0.4) is 0 Å². The third kappa shape index (κ3) is 7.52. The Morgan fingerprint density at radius 3 is 2.50 bits per heavy atom. The minimum atomic E-state index is -4.98. The molecule has 0 saturated carbocycles. The van der Waals surface area contributed by atoms with Crippen molar-refractivity contribution >= 4 is 25.9 Å². The maximum Gasteiger partial charge on any atom is 0.459 e. The number of benzene rings is 1. The lowest BCUT2D eigenvalue weighted by Crippen LogP contribution is -2.41. The monoisotopic (exact) mass is 581 g/mol. The van der Waals surface area contributed by atoms with E-state index in [4.69, 9.17) is 30.7 Å². The highest BCUT2D eigenvalue weighted by molar-refractivity contribution is 7.71. The van der Waals surface area contributed by atoms with E-state index in [1.165, 1.54) is 25.1 Å². The number of rotatable bonds is 10. The molecule has 1 aliphatic rings. The molecule has 1 aliphatic heterocycles. The lowest BCUT2D eigenvalue weighted by molar-refractivity contribution is -0.211. The Kier molecular flexibility index (Phi) is 9.55. The van der Waals surface area contributed by atoms with Crippen LogP contribution in [0.15, 0.2) is 47.4 Å². The number of nitrogens with one attached hydrogen (secondary N) is 2. The van der Waals surface area contributed by atoms with Gasteiger partial charge in [-0.3, -0.25) is 18.9 Å². The summed E-state index contributed by atoms with van der Waals surface area (Å²) >= 11 is 4.81. The van der Waals surface area contributed by atoms with E-state index in [1.807, 2.05) is 0 Å². The maximum absolute atomic E-state index is 13.9. The predicted octanol–water partition coefficient (Wildman–Crippen LogP) is 3.48. The number of halogens is 3. The molecule has 210 valence electrons. The SMILES string of the molecule is CC(C)OC(=O)C(C)NP(=O)(OCC1OC(n2ccc(=S)[nH]c2=O)C(C(F)(F)F)C1O)Oc1ccccc1. The summed E-state index contributed by atoms with van der Waals surface area (Å²) in [5.74, 6) is -3.24. The summed E-state index contributed by atoms with van der Waals surface area (Å²) in [4.78, 5) is 26.7. The molecule has 16 heteroatoms. The number of hydrogen-bond donors (Lipinski definition) is 3. The smallest absolute Gasteiger partial charge is 0.459 e. The summed E-state index contributed by atoms with van der Waals surface area (Å²) < 4.78 is 77.1. The lowest BCUT2D eigenvalue weighted by Gasteiger charge is -2.25. The van der Waals surface area contributed by atoms with Gasteiger partial charge in [-0.1, -0.05) is 30.4 Å². The molecule has 1 aromatic heterocycles. The lowest BCUT2D eigenvalue weighted by atomic mass is 9.99. The molecule has 6 atom stereocenters. The first-order valence-corrected chi connectivity index (χ1v) is 13.3. The molecule has 0 aliphatic carbocycles. The zero-order valence-corrected chi connectivity index (χ0v) is 22.2. The van der Waals surface area contributed by atoms with E-state index in [9.17, 15) is 32.4 Å². The Balaban J connectivity index is 1.85. The standard InChI is InChI=1S/C22H27F3N3O8PS/c1-12(2)34-20(30)13(3)27-37(32,36-14-7-5-4-6-8-14)33-11-15-18(29)17(22(23,24)25)19(35-15)28-10-9-16(38)26-21(28)31/h4-10,12-13,15,17-19,29H,11H2,1-3H3,(H,27,32)(H,26,31,38). The zero-order valence-electron chi connectivity index (χ0n) is 20.5. The molecule has 0 spiro atoms. The van der Waals surface area contributed by atoms with E-state index in [0.717, 1.165) is 6.20 Å². The van der Waals surface area contributed by atoms with Crippen molar-refractivity contribution < 1.29 is 46.2 Å². The number of esters is 1. The Hall–Kier alpha value is -2.55. The van der Waals surface area contributed by atoms with Crippen LogP contribution in [-0.2, 0) is 23.4 Å². The van der Waals surface area contributed by atoms with E-state index in [0.29, 0.717) is 4.57 Å². The highest BCUT2D eigenvalue weighted by Crippen LogP contribution is 2.48. The van der Waals surface area contributed by atoms with Crippen LogP contribution in [0.25, 0.3) is 0 Å². The van der Waals surface area contributed by atoms with E-state index in [2.05, 4.69) is 10.1 Å². The third-order valence-corrected chi connectivity index (χ3v) is 7.19. The quantitative estimate of drug-likeness (QED) is 0.217. The molecule has 6 unspecified atom stereocenters. The maximum atomic E-state index is 13.9. The zero-order chi connectivity index (χ0) is 28.3. The van der Waals surface area contributed by atoms with Gasteiger partial charge in [-0.25, -0.2) is 9.36 Å². The predicted molar refractivity (Wildman–Crippen MR) is 130 cm³/mol. The molecule has 0 radical (unpaired) electrons. The molecular weight excluding hydrogens is 554 g/mol. The Labute approximate surface area is 220 Å². The van der Waals surface area contributed by atoms with Crippen LogP contribution in [0.4, 0.5) is 13.2 Å². The number of ether oxygens (including phenoxy) is 2. The highest BCUT2D eigenvalue weighted by atomic mass is 32.1. The van der Waals surface area contributed by atoms with Gasteiger partial charge in [-0.15, -0.1) is 0 Å². The number of H-pyrrole nitrogens is 1. The van der Waals surface area contributed by atoms with Crippen molar-refractivity contribution in [1.82, 2.24) is 14.6 Å². The molecule has 3 N–H and O–H groups in total. The average Bonchev–Trinajstić information content (AvgIpc) is 3.14. The van der Waals surface area contributed by atoms with E-state index < -0.39 is 68.7 Å². The summed E-state index contributed by atoms with van der Waals surface area (Å²) in [6, 6.07) is 7.67. The van der Waals surface area contributed by atoms with Crippen molar-refractivity contribution in [2.45, 2.75) is 57.5 Å². The second-order valence-electron chi connectivity index (χ2n) is 8.67. The van der Waals surface area contributed by atoms with Crippen LogP contribution < -0.4 is 15.3 Å². The molecule has 0 bridgehead atoms. The molecule has 2 aromatic rings. The first kappa shape index (κ1) is 30.0. The van der Waals surface area contributed by atoms with Crippen molar-refractivity contribution in [3.05, 3.63) is 57.7 Å². The van der Waals surface area contributed by atoms with Crippen LogP contribution in [0, 0.1) is 10.6 Å².